The second kappa shape index (κ2) is 7.06. The molecule has 0 atom stereocenters. The van der Waals surface area contributed by atoms with E-state index in [-0.39, 0.29) is 12.0 Å². The quantitative estimate of drug-likeness (QED) is 0.501. The second-order valence-corrected chi connectivity index (χ2v) is 6.25. The third-order valence-electron chi connectivity index (χ3n) is 4.23. The summed E-state index contributed by atoms with van der Waals surface area (Å²) >= 11 is 0. The van der Waals surface area contributed by atoms with Crippen LogP contribution in [0.1, 0.15) is 12.5 Å². The Labute approximate surface area is 160 Å². The lowest BCUT2D eigenvalue weighted by Gasteiger charge is -2.08. The van der Waals surface area contributed by atoms with Gasteiger partial charge >= 0.3 is 6.03 Å². The molecule has 28 heavy (non-hydrogen) atoms. The number of nitrogens with one attached hydrogen (secondary N) is 3. The van der Waals surface area contributed by atoms with Gasteiger partial charge in [0.25, 0.3) is 0 Å². The number of aryl methyl sites for hydroxylation is 2. The van der Waals surface area contributed by atoms with Gasteiger partial charge < -0.3 is 14.9 Å². The molecule has 0 aliphatic carbocycles. The minimum absolute atomic E-state index is 0.196. The highest BCUT2D eigenvalue weighted by atomic mass is 16.2. The summed E-state index contributed by atoms with van der Waals surface area (Å²) in [6.07, 6.45) is 1.49. The van der Waals surface area contributed by atoms with Crippen LogP contribution in [0.4, 0.5) is 10.7 Å². The Hall–Kier alpha value is -3.82. The van der Waals surface area contributed by atoms with Crippen molar-refractivity contribution in [1.29, 1.82) is 0 Å². The third-order valence-corrected chi connectivity index (χ3v) is 4.23. The van der Waals surface area contributed by atoms with Gasteiger partial charge in [0.2, 0.25) is 5.95 Å². The number of hydrogen-bond acceptors (Lipinski definition) is 6. The van der Waals surface area contributed by atoms with E-state index in [0.717, 1.165) is 11.1 Å². The molecule has 0 aliphatic rings. The summed E-state index contributed by atoms with van der Waals surface area (Å²) < 4.78 is 1.79. The van der Waals surface area contributed by atoms with E-state index in [0.29, 0.717) is 35.1 Å². The lowest BCUT2D eigenvalue weighted by molar-refractivity contribution is 0.252. The molecular formula is C18H19N9O. The number of H-pyrrole nitrogens is 1. The number of urea groups is 1. The highest BCUT2D eigenvalue weighted by Crippen LogP contribution is 2.29. The molecule has 0 unspecified atom stereocenters. The molecule has 0 spiro atoms. The molecule has 3 N–H and O–H groups in total. The van der Waals surface area contributed by atoms with E-state index in [1.54, 1.807) is 4.57 Å². The number of anilines is 1. The van der Waals surface area contributed by atoms with Crippen LogP contribution in [-0.2, 0) is 7.05 Å². The van der Waals surface area contributed by atoms with Crippen LogP contribution in [0.5, 0.6) is 0 Å². The number of fused-ring (bicyclic) bond motifs is 1. The minimum atomic E-state index is -0.366. The lowest BCUT2D eigenvalue weighted by atomic mass is 10.1. The number of nitrogens with zero attached hydrogens (tertiary/aromatic N) is 6. The SMILES string of the molecule is CCNC(=O)Nc1nc(-c2ccc(C)cc2)c2nc(-c3nnc[nH]3)n(C)c2n1. The van der Waals surface area contributed by atoms with Crippen molar-refractivity contribution >= 4 is 23.1 Å². The highest BCUT2D eigenvalue weighted by Gasteiger charge is 2.20. The highest BCUT2D eigenvalue weighted by molar-refractivity contribution is 5.93. The predicted molar refractivity (Wildman–Crippen MR) is 105 cm³/mol. The molecule has 0 aliphatic heterocycles. The fourth-order valence-electron chi connectivity index (χ4n) is 2.86. The number of carbonyl (C=O) groups is 1. The largest absolute Gasteiger partial charge is 0.338 e. The molecule has 4 aromatic rings. The molecule has 2 amide bonds. The minimum Gasteiger partial charge on any atom is -0.338 e. The van der Waals surface area contributed by atoms with E-state index in [1.165, 1.54) is 6.33 Å². The number of aromatic amines is 1. The monoisotopic (exact) mass is 377 g/mol. The number of hydrogen-bond donors (Lipinski definition) is 3. The number of carbonyl (C=O) groups excluding carboxylic acids is 1. The maximum absolute atomic E-state index is 12.0. The Bertz CT molecular complexity index is 1130. The molecule has 0 bridgehead atoms. The summed E-state index contributed by atoms with van der Waals surface area (Å²) in [6, 6.07) is 7.57. The van der Waals surface area contributed by atoms with Crippen LogP contribution < -0.4 is 10.6 Å². The fourth-order valence-corrected chi connectivity index (χ4v) is 2.86. The lowest BCUT2D eigenvalue weighted by Crippen LogP contribution is -2.29. The van der Waals surface area contributed by atoms with Crippen molar-refractivity contribution in [2.24, 2.45) is 7.05 Å². The summed E-state index contributed by atoms with van der Waals surface area (Å²) in [5, 5.41) is 13.2. The Kier molecular flexibility index (Phi) is 4.44. The van der Waals surface area contributed by atoms with Crippen LogP contribution in [0.2, 0.25) is 0 Å². The Morgan fingerprint density at radius 1 is 1.18 bits per heavy atom. The van der Waals surface area contributed by atoms with Gasteiger partial charge in [-0.05, 0) is 13.8 Å². The van der Waals surface area contributed by atoms with Crippen molar-refractivity contribution in [2.45, 2.75) is 13.8 Å². The van der Waals surface area contributed by atoms with E-state index < -0.39 is 0 Å². The normalized spacial score (nSPS) is 11.0. The van der Waals surface area contributed by atoms with E-state index in [2.05, 4.69) is 40.8 Å². The first kappa shape index (κ1) is 17.6. The summed E-state index contributed by atoms with van der Waals surface area (Å²) in [6.45, 7) is 4.36. The third kappa shape index (κ3) is 3.15. The second-order valence-electron chi connectivity index (χ2n) is 6.25. The van der Waals surface area contributed by atoms with E-state index in [4.69, 9.17) is 0 Å². The summed E-state index contributed by atoms with van der Waals surface area (Å²) in [4.78, 5) is 28.6. The van der Waals surface area contributed by atoms with Crippen molar-refractivity contribution in [3.05, 3.63) is 36.2 Å². The van der Waals surface area contributed by atoms with Gasteiger partial charge in [-0.25, -0.2) is 14.8 Å². The Morgan fingerprint density at radius 3 is 2.64 bits per heavy atom. The van der Waals surface area contributed by atoms with Crippen molar-refractivity contribution in [1.82, 2.24) is 40.0 Å². The van der Waals surface area contributed by atoms with Gasteiger partial charge in [0.1, 0.15) is 17.5 Å². The van der Waals surface area contributed by atoms with Crippen LogP contribution in [0.25, 0.3) is 34.1 Å². The topological polar surface area (TPSA) is 126 Å². The predicted octanol–water partition coefficient (Wildman–Crippen LogP) is 2.27. The Balaban J connectivity index is 1.92. The maximum Gasteiger partial charge on any atom is 0.321 e. The van der Waals surface area contributed by atoms with Crippen LogP contribution in [0, 0.1) is 6.92 Å². The number of benzene rings is 1. The van der Waals surface area contributed by atoms with Crippen molar-refractivity contribution < 1.29 is 4.79 Å². The first-order chi connectivity index (χ1) is 13.6. The van der Waals surface area contributed by atoms with Gasteiger partial charge in [-0.15, -0.1) is 10.2 Å². The molecular weight excluding hydrogens is 358 g/mol. The van der Waals surface area contributed by atoms with Gasteiger partial charge in [0, 0.05) is 19.2 Å². The van der Waals surface area contributed by atoms with Gasteiger partial charge in [0.05, 0.1) is 0 Å². The van der Waals surface area contributed by atoms with E-state index >= 15 is 0 Å². The number of amides is 2. The molecule has 0 fully saturated rings. The maximum atomic E-state index is 12.0. The smallest absolute Gasteiger partial charge is 0.321 e. The van der Waals surface area contributed by atoms with Crippen molar-refractivity contribution in [3.63, 3.8) is 0 Å². The molecule has 3 aromatic heterocycles. The average molecular weight is 377 g/mol. The van der Waals surface area contributed by atoms with Crippen molar-refractivity contribution in [2.75, 3.05) is 11.9 Å². The molecule has 10 heteroatoms. The first-order valence-electron chi connectivity index (χ1n) is 8.79. The zero-order chi connectivity index (χ0) is 19.7. The standard InChI is InChI=1S/C18H19N9O/c1-4-19-18(28)25-17-23-12(11-7-5-10(2)6-8-11)13-15(24-17)27(3)16(22-13)14-20-9-21-26-14/h5-9H,4H2,1-3H3,(H,20,21,26)(H2,19,23,24,25,28). The molecule has 142 valence electrons. The summed E-state index contributed by atoms with van der Waals surface area (Å²) in [5.41, 5.74) is 3.82. The van der Waals surface area contributed by atoms with E-state index in [9.17, 15) is 4.79 Å². The molecule has 0 saturated carbocycles. The fraction of sp³-hybridized carbons (Fsp3) is 0.222. The zero-order valence-corrected chi connectivity index (χ0v) is 15.7. The molecule has 1 aromatic carbocycles. The zero-order valence-electron chi connectivity index (χ0n) is 15.7. The molecule has 4 rings (SSSR count). The van der Waals surface area contributed by atoms with Gasteiger partial charge in [-0.2, -0.15) is 4.98 Å². The van der Waals surface area contributed by atoms with Crippen LogP contribution >= 0.6 is 0 Å². The molecule has 0 radical (unpaired) electrons. The van der Waals surface area contributed by atoms with Crippen LogP contribution in [0.15, 0.2) is 30.6 Å². The van der Waals surface area contributed by atoms with Crippen LogP contribution in [-0.4, -0.2) is 47.3 Å². The van der Waals surface area contributed by atoms with Gasteiger partial charge in [-0.3, -0.25) is 5.32 Å². The average Bonchev–Trinajstić information content (AvgIpc) is 3.31. The summed E-state index contributed by atoms with van der Waals surface area (Å²) in [5.74, 6) is 1.29. The van der Waals surface area contributed by atoms with Crippen LogP contribution in [0.3, 0.4) is 0 Å². The van der Waals surface area contributed by atoms with Crippen molar-refractivity contribution in [3.8, 4) is 22.9 Å². The molecule has 0 saturated heterocycles. The van der Waals surface area contributed by atoms with Gasteiger partial charge in [0.15, 0.2) is 17.3 Å². The number of imidazole rings is 1. The Morgan fingerprint density at radius 2 is 1.96 bits per heavy atom. The number of rotatable bonds is 4. The molecule has 3 heterocycles. The first-order valence-corrected chi connectivity index (χ1v) is 8.79. The summed E-state index contributed by atoms with van der Waals surface area (Å²) in [7, 11) is 1.83. The van der Waals surface area contributed by atoms with Gasteiger partial charge in [-0.1, -0.05) is 29.8 Å². The molecule has 10 nitrogen and oxygen atoms in total. The number of aromatic nitrogens is 7. The van der Waals surface area contributed by atoms with E-state index in [1.807, 2.05) is 45.2 Å².